The molecule has 0 fully saturated rings. The number of ether oxygens (including phenoxy) is 1. The highest BCUT2D eigenvalue weighted by Crippen LogP contribution is 2.29. The monoisotopic (exact) mass is 264 g/mol. The maximum Gasteiger partial charge on any atom is 0.275 e. The van der Waals surface area contributed by atoms with Gasteiger partial charge >= 0.3 is 0 Å². The van der Waals surface area contributed by atoms with Crippen LogP contribution in [0.3, 0.4) is 0 Å². The zero-order chi connectivity index (χ0) is 14.0. The molecule has 0 aliphatic rings. The Balaban J connectivity index is 2.36. The lowest BCUT2D eigenvalue weighted by molar-refractivity contribution is -0.385. The molecule has 7 nitrogen and oxygen atoms in total. The predicted molar refractivity (Wildman–Crippen MR) is 64.3 cm³/mol. The molecule has 2 aromatic rings. The van der Waals surface area contributed by atoms with Crippen LogP contribution in [0.25, 0.3) is 0 Å². The number of hydrogen-bond acceptors (Lipinski definition) is 6. The summed E-state index contributed by atoms with van der Waals surface area (Å²) in [5.74, 6) is -0.909. The van der Waals surface area contributed by atoms with E-state index in [9.17, 15) is 14.5 Å². The fourth-order valence-electron chi connectivity index (χ4n) is 1.44. The Morgan fingerprint density at radius 2 is 2.16 bits per heavy atom. The highest BCUT2D eigenvalue weighted by molar-refractivity contribution is 5.46. The summed E-state index contributed by atoms with van der Waals surface area (Å²) in [4.78, 5) is 17.5. The second kappa shape index (κ2) is 4.84. The Labute approximate surface area is 107 Å². The zero-order valence-corrected chi connectivity index (χ0v) is 9.83. The van der Waals surface area contributed by atoms with Gasteiger partial charge in [-0.25, -0.2) is 4.39 Å². The fourth-order valence-corrected chi connectivity index (χ4v) is 1.44. The van der Waals surface area contributed by atoms with Gasteiger partial charge in [-0.3, -0.25) is 15.1 Å². The quantitative estimate of drug-likeness (QED) is 0.673. The van der Waals surface area contributed by atoms with E-state index in [1.165, 1.54) is 25.4 Å². The summed E-state index contributed by atoms with van der Waals surface area (Å²) in [5, 5.41) is 10.6. The van der Waals surface area contributed by atoms with Crippen molar-refractivity contribution in [3.05, 3.63) is 46.0 Å². The van der Waals surface area contributed by atoms with Crippen molar-refractivity contribution in [2.75, 3.05) is 5.73 Å². The number of rotatable bonds is 3. The van der Waals surface area contributed by atoms with Crippen molar-refractivity contribution < 1.29 is 14.1 Å². The average molecular weight is 264 g/mol. The molecule has 98 valence electrons. The van der Waals surface area contributed by atoms with Gasteiger partial charge in [-0.15, -0.1) is 0 Å². The highest BCUT2D eigenvalue weighted by atomic mass is 19.1. The average Bonchev–Trinajstić information content (AvgIpc) is 2.33. The van der Waals surface area contributed by atoms with Crippen molar-refractivity contribution in [1.29, 1.82) is 0 Å². The largest absolute Gasteiger partial charge is 0.434 e. The van der Waals surface area contributed by atoms with Crippen LogP contribution in [0.2, 0.25) is 0 Å². The highest BCUT2D eigenvalue weighted by Gasteiger charge is 2.17. The third-order valence-electron chi connectivity index (χ3n) is 2.29. The van der Waals surface area contributed by atoms with Crippen LogP contribution < -0.4 is 10.5 Å². The van der Waals surface area contributed by atoms with Crippen LogP contribution in [0.5, 0.6) is 11.6 Å². The lowest BCUT2D eigenvalue weighted by Gasteiger charge is -2.07. The Morgan fingerprint density at radius 1 is 1.42 bits per heavy atom. The molecule has 0 saturated carbocycles. The van der Waals surface area contributed by atoms with Gasteiger partial charge in [0.1, 0.15) is 5.82 Å². The Bertz CT molecular complexity index is 648. The number of nitro groups is 1. The molecule has 2 N–H and O–H groups in total. The number of hydrogen-bond donors (Lipinski definition) is 1. The van der Waals surface area contributed by atoms with Gasteiger partial charge in [0, 0.05) is 5.56 Å². The molecule has 0 saturated heterocycles. The summed E-state index contributed by atoms with van der Waals surface area (Å²) in [6.45, 7) is 1.48. The van der Waals surface area contributed by atoms with Crippen molar-refractivity contribution in [3.63, 3.8) is 0 Å². The molecule has 0 radical (unpaired) electrons. The smallest absolute Gasteiger partial charge is 0.275 e. The lowest BCUT2D eigenvalue weighted by Crippen LogP contribution is -1.98. The normalized spacial score (nSPS) is 10.2. The zero-order valence-electron chi connectivity index (χ0n) is 9.83. The second-order valence-electron chi connectivity index (χ2n) is 3.71. The summed E-state index contributed by atoms with van der Waals surface area (Å²) in [7, 11) is 0. The van der Waals surface area contributed by atoms with Crippen LogP contribution in [-0.2, 0) is 0 Å². The summed E-state index contributed by atoms with van der Waals surface area (Å²) in [6.07, 6.45) is 2.57. The fraction of sp³-hybridized carbons (Fsp3) is 0.0909. The van der Waals surface area contributed by atoms with Crippen molar-refractivity contribution in [1.82, 2.24) is 9.97 Å². The SMILES string of the molecule is Cc1cc(Oc2cncc(N)n2)c(F)cc1[N+](=O)[O-]. The van der Waals surface area contributed by atoms with Crippen molar-refractivity contribution in [2.45, 2.75) is 6.92 Å². The van der Waals surface area contributed by atoms with Gasteiger partial charge in [0.25, 0.3) is 5.69 Å². The van der Waals surface area contributed by atoms with Crippen LogP contribution in [0, 0.1) is 22.9 Å². The Morgan fingerprint density at radius 3 is 2.79 bits per heavy atom. The van der Waals surface area contributed by atoms with Gasteiger partial charge in [0.2, 0.25) is 5.88 Å². The Kier molecular flexibility index (Phi) is 3.23. The van der Waals surface area contributed by atoms with Gasteiger partial charge in [-0.2, -0.15) is 4.98 Å². The molecule has 0 aliphatic heterocycles. The number of nitro benzene ring substituents is 1. The molecule has 0 amide bonds. The van der Waals surface area contributed by atoms with Crippen LogP contribution >= 0.6 is 0 Å². The third kappa shape index (κ3) is 2.73. The van der Waals surface area contributed by atoms with Gasteiger partial charge in [0.05, 0.1) is 23.4 Å². The first-order valence-corrected chi connectivity index (χ1v) is 5.17. The molecule has 19 heavy (non-hydrogen) atoms. The van der Waals surface area contributed by atoms with E-state index in [-0.39, 0.29) is 28.7 Å². The minimum atomic E-state index is -0.860. The minimum absolute atomic E-state index is 0.00662. The number of aromatic nitrogens is 2. The van der Waals surface area contributed by atoms with E-state index >= 15 is 0 Å². The molecule has 2 rings (SSSR count). The summed E-state index contributed by atoms with van der Waals surface area (Å²) < 4.78 is 18.8. The van der Waals surface area contributed by atoms with Crippen LogP contribution in [0.1, 0.15) is 5.56 Å². The molecular weight excluding hydrogens is 255 g/mol. The maximum absolute atomic E-state index is 13.7. The summed E-state index contributed by atoms with van der Waals surface area (Å²) in [5.41, 5.74) is 5.37. The van der Waals surface area contributed by atoms with Crippen molar-refractivity contribution in [3.8, 4) is 11.6 Å². The van der Waals surface area contributed by atoms with Crippen LogP contribution in [0.4, 0.5) is 15.9 Å². The number of halogens is 1. The number of nitrogens with two attached hydrogens (primary N) is 1. The van der Waals surface area contributed by atoms with Gasteiger partial charge in [0.15, 0.2) is 11.6 Å². The molecule has 0 spiro atoms. The molecule has 8 heteroatoms. The molecule has 0 unspecified atom stereocenters. The number of benzene rings is 1. The number of nitrogen functional groups attached to an aromatic ring is 1. The molecule has 0 atom stereocenters. The first-order chi connectivity index (χ1) is 8.97. The van der Waals surface area contributed by atoms with E-state index in [0.717, 1.165) is 6.07 Å². The standard InChI is InChI=1S/C11H9FN4O3/c1-6-2-9(7(12)3-8(6)16(17)18)19-11-5-14-4-10(13)15-11/h2-5H,1H3,(H2,13,15). The van der Waals surface area contributed by atoms with Crippen molar-refractivity contribution >= 4 is 11.5 Å². The number of nitrogens with zero attached hydrogens (tertiary/aromatic N) is 3. The van der Waals surface area contributed by atoms with E-state index in [0.29, 0.717) is 0 Å². The van der Waals surface area contributed by atoms with Crippen LogP contribution in [0.15, 0.2) is 24.5 Å². The first kappa shape index (κ1) is 12.7. The molecule has 1 aromatic heterocycles. The van der Waals surface area contributed by atoms with Gasteiger partial charge in [-0.1, -0.05) is 0 Å². The van der Waals surface area contributed by atoms with Gasteiger partial charge < -0.3 is 10.5 Å². The molecule has 0 bridgehead atoms. The molecule has 0 aliphatic carbocycles. The molecule has 1 aromatic carbocycles. The number of anilines is 1. The van der Waals surface area contributed by atoms with E-state index in [4.69, 9.17) is 10.5 Å². The molecular formula is C11H9FN4O3. The lowest BCUT2D eigenvalue weighted by atomic mass is 10.2. The third-order valence-corrected chi connectivity index (χ3v) is 2.29. The predicted octanol–water partition coefficient (Wildman–Crippen LogP) is 2.21. The van der Waals surface area contributed by atoms with E-state index in [1.807, 2.05) is 0 Å². The summed E-state index contributed by atoms with van der Waals surface area (Å²) in [6, 6.07) is 2.02. The second-order valence-corrected chi connectivity index (χ2v) is 3.71. The van der Waals surface area contributed by atoms with Gasteiger partial charge in [-0.05, 0) is 13.0 Å². The molecule has 1 heterocycles. The maximum atomic E-state index is 13.7. The summed E-state index contributed by atoms with van der Waals surface area (Å²) >= 11 is 0. The first-order valence-electron chi connectivity index (χ1n) is 5.17. The Hall–Kier alpha value is -2.77. The van der Waals surface area contributed by atoms with E-state index in [1.54, 1.807) is 0 Å². The number of aryl methyl sites for hydroxylation is 1. The van der Waals surface area contributed by atoms with Crippen LogP contribution in [-0.4, -0.2) is 14.9 Å². The minimum Gasteiger partial charge on any atom is -0.434 e. The van der Waals surface area contributed by atoms with Crippen molar-refractivity contribution in [2.24, 2.45) is 0 Å². The van der Waals surface area contributed by atoms with E-state index < -0.39 is 10.7 Å². The topological polar surface area (TPSA) is 104 Å². The van der Waals surface area contributed by atoms with E-state index in [2.05, 4.69) is 9.97 Å².